The molecular weight excluding hydrogens is 316 g/mol. The summed E-state index contributed by atoms with van der Waals surface area (Å²) in [5.41, 5.74) is 2.76. The molecule has 2 nitrogen and oxygen atoms in total. The Kier molecular flexibility index (Phi) is 19.7. The maximum absolute atomic E-state index is 4.74. The van der Waals surface area contributed by atoms with Gasteiger partial charge in [-0.2, -0.15) is 0 Å². The quantitative estimate of drug-likeness (QED) is 0.173. The summed E-state index contributed by atoms with van der Waals surface area (Å²) in [6.07, 6.45) is 23.3. The van der Waals surface area contributed by atoms with Gasteiger partial charge in [0.2, 0.25) is 0 Å². The summed E-state index contributed by atoms with van der Waals surface area (Å²) in [5.74, 6) is 0. The van der Waals surface area contributed by atoms with E-state index in [1.807, 2.05) is 6.20 Å². The van der Waals surface area contributed by atoms with Crippen molar-refractivity contribution in [1.82, 2.24) is 0 Å². The standard InChI is InChI=1S/C24H46N2/c1-5-19-23(7-3)25-21-17-15-13-11-9-10-12-14-16-18-22-26-24(8-4)20-6-2/h17,21H,5-16,18-20,22H2,1-4H3. The molecule has 0 fully saturated rings. The summed E-state index contributed by atoms with van der Waals surface area (Å²) >= 11 is 0. The molecule has 2 heteroatoms. The van der Waals surface area contributed by atoms with E-state index in [1.165, 1.54) is 88.5 Å². The molecule has 0 saturated carbocycles. The fourth-order valence-corrected chi connectivity index (χ4v) is 3.18. The van der Waals surface area contributed by atoms with E-state index >= 15 is 0 Å². The second-order valence-electron chi connectivity index (χ2n) is 7.35. The molecule has 0 aromatic carbocycles. The maximum Gasteiger partial charge on any atom is 0.0388 e. The zero-order valence-electron chi connectivity index (χ0n) is 18.4. The Hall–Kier alpha value is -0.920. The molecular formula is C24H46N2. The van der Waals surface area contributed by atoms with E-state index in [2.05, 4.69) is 38.8 Å². The SMILES string of the molecule is CCCC(CC)=NC=CCCCCCCCCCCN=C(CC)CCC. The molecule has 0 bridgehead atoms. The third-order valence-electron chi connectivity index (χ3n) is 4.87. The molecule has 0 spiro atoms. The lowest BCUT2D eigenvalue weighted by Gasteiger charge is -2.03. The number of allylic oxidation sites excluding steroid dienone is 1. The van der Waals surface area contributed by atoms with Crippen LogP contribution in [-0.2, 0) is 0 Å². The number of hydrogen-bond acceptors (Lipinski definition) is 2. The number of rotatable bonds is 18. The number of aliphatic imine (C=N–C) groups is 2. The van der Waals surface area contributed by atoms with Crippen LogP contribution in [0.15, 0.2) is 22.3 Å². The van der Waals surface area contributed by atoms with Crippen LogP contribution in [0.4, 0.5) is 0 Å². The lowest BCUT2D eigenvalue weighted by Crippen LogP contribution is -1.97. The molecule has 0 saturated heterocycles. The van der Waals surface area contributed by atoms with Crippen LogP contribution >= 0.6 is 0 Å². The highest BCUT2D eigenvalue weighted by Gasteiger charge is 1.95. The molecule has 0 aliphatic heterocycles. The Morgan fingerprint density at radius 3 is 1.77 bits per heavy atom. The Morgan fingerprint density at radius 1 is 0.654 bits per heavy atom. The smallest absolute Gasteiger partial charge is 0.0388 e. The first kappa shape index (κ1) is 25.1. The van der Waals surface area contributed by atoms with Gasteiger partial charge in [0, 0.05) is 24.2 Å². The van der Waals surface area contributed by atoms with Crippen LogP contribution in [0.5, 0.6) is 0 Å². The van der Waals surface area contributed by atoms with Crippen LogP contribution in [0.25, 0.3) is 0 Å². The molecule has 0 aromatic heterocycles. The Morgan fingerprint density at radius 2 is 1.19 bits per heavy atom. The van der Waals surface area contributed by atoms with Crippen molar-refractivity contribution < 1.29 is 0 Å². The number of nitrogens with zero attached hydrogens (tertiary/aromatic N) is 2. The summed E-state index contributed by atoms with van der Waals surface area (Å²) in [5, 5.41) is 0. The van der Waals surface area contributed by atoms with Gasteiger partial charge < -0.3 is 0 Å². The fraction of sp³-hybridized carbons (Fsp3) is 0.833. The van der Waals surface area contributed by atoms with Crippen molar-refractivity contribution >= 4 is 11.4 Å². The fourth-order valence-electron chi connectivity index (χ4n) is 3.18. The van der Waals surface area contributed by atoms with E-state index in [0.717, 1.165) is 25.8 Å². The average Bonchev–Trinajstić information content (AvgIpc) is 2.66. The van der Waals surface area contributed by atoms with E-state index in [0.29, 0.717) is 0 Å². The molecule has 0 radical (unpaired) electrons. The normalized spacial score (nSPS) is 13.1. The topological polar surface area (TPSA) is 24.7 Å². The van der Waals surface area contributed by atoms with Crippen molar-refractivity contribution in [3.63, 3.8) is 0 Å². The van der Waals surface area contributed by atoms with E-state index in [9.17, 15) is 0 Å². The Labute approximate surface area is 164 Å². The average molecular weight is 363 g/mol. The third kappa shape index (κ3) is 16.5. The summed E-state index contributed by atoms with van der Waals surface area (Å²) in [6, 6.07) is 0. The van der Waals surface area contributed by atoms with Gasteiger partial charge in [0.1, 0.15) is 0 Å². The van der Waals surface area contributed by atoms with Gasteiger partial charge in [-0.05, 0) is 44.9 Å². The predicted molar refractivity (Wildman–Crippen MR) is 121 cm³/mol. The predicted octanol–water partition coefficient (Wildman–Crippen LogP) is 8.31. The van der Waals surface area contributed by atoms with E-state index in [-0.39, 0.29) is 0 Å². The molecule has 0 N–H and O–H groups in total. The highest BCUT2D eigenvalue weighted by atomic mass is 14.7. The first-order chi connectivity index (χ1) is 12.8. The van der Waals surface area contributed by atoms with Crippen molar-refractivity contribution in [3.8, 4) is 0 Å². The first-order valence-corrected chi connectivity index (χ1v) is 11.5. The summed E-state index contributed by atoms with van der Waals surface area (Å²) in [6.45, 7) is 9.94. The van der Waals surface area contributed by atoms with Gasteiger partial charge in [-0.1, -0.05) is 85.1 Å². The van der Waals surface area contributed by atoms with Crippen LogP contribution < -0.4 is 0 Å². The lowest BCUT2D eigenvalue weighted by atomic mass is 10.1. The molecule has 0 atom stereocenters. The maximum atomic E-state index is 4.74. The lowest BCUT2D eigenvalue weighted by molar-refractivity contribution is 0.571. The van der Waals surface area contributed by atoms with Gasteiger partial charge >= 0.3 is 0 Å². The molecule has 0 aromatic rings. The zero-order chi connectivity index (χ0) is 19.3. The van der Waals surface area contributed by atoms with Crippen LogP contribution in [0, 0.1) is 0 Å². The highest BCUT2D eigenvalue weighted by molar-refractivity contribution is 5.84. The van der Waals surface area contributed by atoms with Crippen molar-refractivity contribution in [2.24, 2.45) is 9.98 Å². The van der Waals surface area contributed by atoms with E-state index in [1.54, 1.807) is 0 Å². The van der Waals surface area contributed by atoms with Crippen molar-refractivity contribution in [3.05, 3.63) is 12.3 Å². The van der Waals surface area contributed by atoms with Gasteiger partial charge in [-0.3, -0.25) is 9.98 Å². The minimum Gasteiger partial charge on any atom is -0.294 e. The molecule has 26 heavy (non-hydrogen) atoms. The minimum atomic E-state index is 1.05. The first-order valence-electron chi connectivity index (χ1n) is 11.5. The summed E-state index contributed by atoms with van der Waals surface area (Å²) in [7, 11) is 0. The number of unbranched alkanes of at least 4 members (excludes halogenated alkanes) is 8. The molecule has 0 heterocycles. The molecule has 0 amide bonds. The Balaban J connectivity index is 3.44. The molecule has 0 unspecified atom stereocenters. The van der Waals surface area contributed by atoms with Gasteiger partial charge in [0.25, 0.3) is 0 Å². The van der Waals surface area contributed by atoms with Gasteiger partial charge in [-0.15, -0.1) is 0 Å². The van der Waals surface area contributed by atoms with Crippen LogP contribution in [0.2, 0.25) is 0 Å². The monoisotopic (exact) mass is 362 g/mol. The summed E-state index contributed by atoms with van der Waals surface area (Å²) < 4.78 is 0. The largest absolute Gasteiger partial charge is 0.294 e. The Bertz CT molecular complexity index is 380. The van der Waals surface area contributed by atoms with Crippen molar-refractivity contribution in [2.45, 2.75) is 124 Å². The van der Waals surface area contributed by atoms with Crippen LogP contribution in [0.3, 0.4) is 0 Å². The minimum absolute atomic E-state index is 1.05. The second kappa shape index (κ2) is 20.4. The molecule has 152 valence electrons. The molecule has 0 aliphatic rings. The number of hydrogen-bond donors (Lipinski definition) is 0. The molecule has 0 aliphatic carbocycles. The summed E-state index contributed by atoms with van der Waals surface area (Å²) in [4.78, 5) is 9.31. The second-order valence-corrected chi connectivity index (χ2v) is 7.35. The molecule has 0 rings (SSSR count). The van der Waals surface area contributed by atoms with Crippen LogP contribution in [0.1, 0.15) is 124 Å². The van der Waals surface area contributed by atoms with E-state index < -0.39 is 0 Å². The van der Waals surface area contributed by atoms with Crippen molar-refractivity contribution in [2.75, 3.05) is 6.54 Å². The van der Waals surface area contributed by atoms with E-state index in [4.69, 9.17) is 4.99 Å². The van der Waals surface area contributed by atoms with Crippen LogP contribution in [-0.4, -0.2) is 18.0 Å². The van der Waals surface area contributed by atoms with Gasteiger partial charge in [-0.25, -0.2) is 0 Å². The van der Waals surface area contributed by atoms with Gasteiger partial charge in [0.15, 0.2) is 0 Å². The third-order valence-corrected chi connectivity index (χ3v) is 4.87. The zero-order valence-corrected chi connectivity index (χ0v) is 18.4. The van der Waals surface area contributed by atoms with Crippen molar-refractivity contribution in [1.29, 1.82) is 0 Å². The highest BCUT2D eigenvalue weighted by Crippen LogP contribution is 2.10. The van der Waals surface area contributed by atoms with Gasteiger partial charge in [0.05, 0.1) is 0 Å².